The normalized spacial score (nSPS) is 16.4. The maximum Gasteiger partial charge on any atom is 0.244 e. The lowest BCUT2D eigenvalue weighted by molar-refractivity contribution is -0.133. The predicted molar refractivity (Wildman–Crippen MR) is 96.6 cm³/mol. The van der Waals surface area contributed by atoms with E-state index in [1.165, 1.54) is 18.1 Å². The Kier molecular flexibility index (Phi) is 4.75. The second-order valence-electron chi connectivity index (χ2n) is 6.87. The fraction of sp³-hybridized carbons (Fsp3) is 0.450. The summed E-state index contributed by atoms with van der Waals surface area (Å²) in [5.74, 6) is 0.00525. The Labute approximate surface area is 148 Å². The molecule has 2 aromatic rings. The predicted octanol–water partition coefficient (Wildman–Crippen LogP) is 3.24. The van der Waals surface area contributed by atoms with Crippen molar-refractivity contribution >= 4 is 11.7 Å². The molecule has 0 fully saturated rings. The SMILES string of the molecule is CC(=O)c1c(C)nn(CC(=O)N(C)C2CCCc3ccccc32)c1C. The van der Waals surface area contributed by atoms with Crippen LogP contribution in [0.25, 0.3) is 0 Å². The smallest absolute Gasteiger partial charge is 0.244 e. The average molecular weight is 339 g/mol. The summed E-state index contributed by atoms with van der Waals surface area (Å²) in [7, 11) is 1.87. The molecule has 132 valence electrons. The van der Waals surface area contributed by atoms with Crippen molar-refractivity contribution in [1.82, 2.24) is 14.7 Å². The van der Waals surface area contributed by atoms with Gasteiger partial charge in [-0.3, -0.25) is 14.3 Å². The van der Waals surface area contributed by atoms with Crippen LogP contribution in [0.15, 0.2) is 24.3 Å². The maximum atomic E-state index is 12.8. The summed E-state index contributed by atoms with van der Waals surface area (Å²) in [4.78, 5) is 26.4. The molecule has 0 saturated heterocycles. The van der Waals surface area contributed by atoms with Crippen molar-refractivity contribution in [3.8, 4) is 0 Å². The van der Waals surface area contributed by atoms with Crippen LogP contribution in [0.4, 0.5) is 0 Å². The van der Waals surface area contributed by atoms with E-state index in [2.05, 4.69) is 23.3 Å². The topological polar surface area (TPSA) is 55.2 Å². The number of Topliss-reactive ketones (excluding diaryl/α,β-unsaturated/α-hetero) is 1. The zero-order valence-corrected chi connectivity index (χ0v) is 15.4. The number of likely N-dealkylation sites (N-methyl/N-ethyl adjacent to an activating group) is 1. The van der Waals surface area contributed by atoms with Crippen LogP contribution in [0.2, 0.25) is 0 Å². The van der Waals surface area contributed by atoms with Gasteiger partial charge in [0.2, 0.25) is 5.91 Å². The first-order chi connectivity index (χ1) is 11.9. The van der Waals surface area contributed by atoms with Gasteiger partial charge in [-0.25, -0.2) is 0 Å². The van der Waals surface area contributed by atoms with Crippen molar-refractivity contribution in [3.05, 3.63) is 52.3 Å². The molecule has 1 unspecified atom stereocenters. The number of hydrogen-bond acceptors (Lipinski definition) is 3. The van der Waals surface area contributed by atoms with Gasteiger partial charge in [0.25, 0.3) is 0 Å². The molecule has 0 bridgehead atoms. The van der Waals surface area contributed by atoms with Gasteiger partial charge < -0.3 is 4.90 Å². The molecule has 0 aliphatic heterocycles. The maximum absolute atomic E-state index is 12.8. The Morgan fingerprint density at radius 3 is 2.68 bits per heavy atom. The number of amides is 1. The van der Waals surface area contributed by atoms with Crippen molar-refractivity contribution in [3.63, 3.8) is 0 Å². The molecule has 0 saturated carbocycles. The van der Waals surface area contributed by atoms with Gasteiger partial charge in [0.15, 0.2) is 5.78 Å². The van der Waals surface area contributed by atoms with Crippen LogP contribution in [0.3, 0.4) is 0 Å². The van der Waals surface area contributed by atoms with Gasteiger partial charge in [0.05, 0.1) is 17.3 Å². The van der Waals surface area contributed by atoms with Gasteiger partial charge >= 0.3 is 0 Å². The minimum atomic E-state index is -0.0109. The molecular formula is C20H25N3O2. The molecule has 5 heteroatoms. The highest BCUT2D eigenvalue weighted by Gasteiger charge is 2.27. The third-order valence-electron chi connectivity index (χ3n) is 5.22. The molecule has 1 aromatic heterocycles. The van der Waals surface area contributed by atoms with Crippen LogP contribution in [0.1, 0.15) is 58.7 Å². The van der Waals surface area contributed by atoms with Crippen molar-refractivity contribution in [1.29, 1.82) is 0 Å². The Balaban J connectivity index is 1.81. The molecule has 1 atom stereocenters. The number of carbonyl (C=O) groups is 2. The van der Waals surface area contributed by atoms with Gasteiger partial charge in [0.1, 0.15) is 6.54 Å². The minimum Gasteiger partial charge on any atom is -0.337 e. The van der Waals surface area contributed by atoms with Gasteiger partial charge in [-0.15, -0.1) is 0 Å². The highest BCUT2D eigenvalue weighted by Crippen LogP contribution is 2.33. The van der Waals surface area contributed by atoms with E-state index in [-0.39, 0.29) is 24.3 Å². The lowest BCUT2D eigenvalue weighted by atomic mass is 9.87. The lowest BCUT2D eigenvalue weighted by Gasteiger charge is -2.33. The van der Waals surface area contributed by atoms with E-state index in [1.807, 2.05) is 31.9 Å². The molecule has 1 heterocycles. The molecular weight excluding hydrogens is 314 g/mol. The summed E-state index contributed by atoms with van der Waals surface area (Å²) < 4.78 is 1.65. The summed E-state index contributed by atoms with van der Waals surface area (Å²) in [6.07, 6.45) is 3.15. The number of carbonyl (C=O) groups excluding carboxylic acids is 2. The van der Waals surface area contributed by atoms with Crippen molar-refractivity contribution in [2.45, 2.75) is 52.6 Å². The van der Waals surface area contributed by atoms with Crippen LogP contribution in [0, 0.1) is 13.8 Å². The molecule has 1 amide bonds. The van der Waals surface area contributed by atoms with Crippen LogP contribution in [0.5, 0.6) is 0 Å². The zero-order valence-electron chi connectivity index (χ0n) is 15.4. The molecule has 1 aliphatic carbocycles. The number of hydrogen-bond donors (Lipinski definition) is 0. The zero-order chi connectivity index (χ0) is 18.1. The van der Waals surface area contributed by atoms with Gasteiger partial charge in [0, 0.05) is 12.7 Å². The van der Waals surface area contributed by atoms with Crippen molar-refractivity contribution in [2.24, 2.45) is 0 Å². The molecule has 25 heavy (non-hydrogen) atoms. The monoisotopic (exact) mass is 339 g/mol. The number of benzene rings is 1. The second-order valence-corrected chi connectivity index (χ2v) is 6.87. The third-order valence-corrected chi connectivity index (χ3v) is 5.22. The van der Waals surface area contributed by atoms with E-state index in [0.717, 1.165) is 25.0 Å². The highest BCUT2D eigenvalue weighted by atomic mass is 16.2. The largest absolute Gasteiger partial charge is 0.337 e. The van der Waals surface area contributed by atoms with Crippen LogP contribution in [-0.4, -0.2) is 33.4 Å². The van der Waals surface area contributed by atoms with Gasteiger partial charge in [-0.05, 0) is 51.2 Å². The van der Waals surface area contributed by atoms with Crippen LogP contribution < -0.4 is 0 Å². The molecule has 1 aromatic carbocycles. The molecule has 1 aliphatic rings. The van der Waals surface area contributed by atoms with Crippen molar-refractivity contribution in [2.75, 3.05) is 7.05 Å². The summed E-state index contributed by atoms with van der Waals surface area (Å²) >= 11 is 0. The third kappa shape index (κ3) is 3.23. The molecule has 3 rings (SSSR count). The lowest BCUT2D eigenvalue weighted by Crippen LogP contribution is -2.36. The van der Waals surface area contributed by atoms with E-state index in [9.17, 15) is 9.59 Å². The number of nitrogens with zero attached hydrogens (tertiary/aromatic N) is 3. The van der Waals surface area contributed by atoms with E-state index < -0.39 is 0 Å². The number of aromatic nitrogens is 2. The highest BCUT2D eigenvalue weighted by molar-refractivity contribution is 5.96. The number of ketones is 1. The number of fused-ring (bicyclic) bond motifs is 1. The summed E-state index contributed by atoms with van der Waals surface area (Å²) in [6, 6.07) is 8.49. The van der Waals surface area contributed by atoms with E-state index >= 15 is 0 Å². The fourth-order valence-electron chi connectivity index (χ4n) is 3.90. The Hall–Kier alpha value is -2.43. The summed E-state index contributed by atoms with van der Waals surface area (Å²) in [5, 5.41) is 4.39. The van der Waals surface area contributed by atoms with Crippen LogP contribution >= 0.6 is 0 Å². The molecule has 0 N–H and O–H groups in total. The average Bonchev–Trinajstić information content (AvgIpc) is 2.87. The molecule has 0 radical (unpaired) electrons. The van der Waals surface area contributed by atoms with E-state index in [0.29, 0.717) is 11.3 Å². The van der Waals surface area contributed by atoms with E-state index in [4.69, 9.17) is 0 Å². The Morgan fingerprint density at radius 2 is 2.00 bits per heavy atom. The summed E-state index contributed by atoms with van der Waals surface area (Å²) in [5.41, 5.74) is 4.66. The number of aryl methyl sites for hydroxylation is 2. The first-order valence-electron chi connectivity index (χ1n) is 8.78. The first kappa shape index (κ1) is 17.4. The molecule has 0 spiro atoms. The Morgan fingerprint density at radius 1 is 1.28 bits per heavy atom. The quantitative estimate of drug-likeness (QED) is 0.804. The standard InChI is InChI=1S/C20H25N3O2/c1-13-20(15(3)24)14(2)23(21-13)12-19(25)22(4)18-11-7-9-16-8-5-6-10-17(16)18/h5-6,8,10,18H,7,9,11-12H2,1-4H3. The Bertz CT molecular complexity index is 822. The number of rotatable bonds is 4. The molecule has 5 nitrogen and oxygen atoms in total. The van der Waals surface area contributed by atoms with Crippen molar-refractivity contribution < 1.29 is 9.59 Å². The van der Waals surface area contributed by atoms with E-state index in [1.54, 1.807) is 4.68 Å². The van der Waals surface area contributed by atoms with Crippen LogP contribution in [-0.2, 0) is 17.8 Å². The minimum absolute atomic E-state index is 0.0109. The van der Waals surface area contributed by atoms with Gasteiger partial charge in [-0.1, -0.05) is 24.3 Å². The first-order valence-corrected chi connectivity index (χ1v) is 8.78. The fourth-order valence-corrected chi connectivity index (χ4v) is 3.90. The summed E-state index contributed by atoms with van der Waals surface area (Å²) in [6.45, 7) is 5.36. The van der Waals surface area contributed by atoms with Gasteiger partial charge in [-0.2, -0.15) is 5.10 Å². The second kappa shape index (κ2) is 6.82.